The molecule has 18 heavy (non-hydrogen) atoms. The van der Waals surface area contributed by atoms with Crippen LogP contribution in [0.3, 0.4) is 0 Å². The fraction of sp³-hybridized carbons (Fsp3) is 0.600. The minimum atomic E-state index is 0.377. The molecule has 2 rings (SSSR count). The molecule has 1 saturated carbocycles. The molecule has 2 atom stereocenters. The van der Waals surface area contributed by atoms with Gasteiger partial charge in [-0.15, -0.1) is 0 Å². The van der Waals surface area contributed by atoms with E-state index in [2.05, 4.69) is 52.4 Å². The van der Waals surface area contributed by atoms with Gasteiger partial charge in [-0.2, -0.15) is 0 Å². The lowest BCUT2D eigenvalue weighted by Crippen LogP contribution is -2.43. The van der Waals surface area contributed by atoms with Gasteiger partial charge in [0.15, 0.2) is 0 Å². The summed E-state index contributed by atoms with van der Waals surface area (Å²) in [4.78, 5) is 0. The molecule has 1 aromatic carbocycles. The van der Waals surface area contributed by atoms with Crippen LogP contribution in [0.5, 0.6) is 0 Å². The SMILES string of the molecule is CCNC1CCCCC1OCc1ccc(Br)cc1. The second kappa shape index (κ2) is 7.27. The molecule has 100 valence electrons. The Labute approximate surface area is 118 Å². The molecular formula is C15H22BrNO. The van der Waals surface area contributed by atoms with Crippen molar-refractivity contribution in [3.63, 3.8) is 0 Å². The van der Waals surface area contributed by atoms with Gasteiger partial charge in [-0.05, 0) is 37.1 Å². The number of benzene rings is 1. The molecule has 0 bridgehead atoms. The topological polar surface area (TPSA) is 21.3 Å². The van der Waals surface area contributed by atoms with Crippen molar-refractivity contribution in [1.82, 2.24) is 5.32 Å². The Balaban J connectivity index is 1.85. The molecule has 2 unspecified atom stereocenters. The summed E-state index contributed by atoms with van der Waals surface area (Å²) in [5, 5.41) is 3.55. The lowest BCUT2D eigenvalue weighted by Gasteiger charge is -2.32. The van der Waals surface area contributed by atoms with Crippen LogP contribution in [-0.2, 0) is 11.3 Å². The number of halogens is 1. The van der Waals surface area contributed by atoms with E-state index in [-0.39, 0.29) is 0 Å². The molecule has 2 nitrogen and oxygen atoms in total. The maximum absolute atomic E-state index is 6.10. The fourth-order valence-corrected chi connectivity index (χ4v) is 2.84. The lowest BCUT2D eigenvalue weighted by atomic mass is 9.92. The molecule has 0 amide bonds. The van der Waals surface area contributed by atoms with Crippen LogP contribution >= 0.6 is 15.9 Å². The van der Waals surface area contributed by atoms with Gasteiger partial charge in [0, 0.05) is 10.5 Å². The molecule has 0 spiro atoms. The molecule has 1 aromatic rings. The Kier molecular flexibility index (Phi) is 5.67. The smallest absolute Gasteiger partial charge is 0.0732 e. The van der Waals surface area contributed by atoms with Crippen LogP contribution in [0.4, 0.5) is 0 Å². The van der Waals surface area contributed by atoms with Gasteiger partial charge in [0.1, 0.15) is 0 Å². The zero-order valence-electron chi connectivity index (χ0n) is 11.0. The minimum absolute atomic E-state index is 0.377. The third-order valence-electron chi connectivity index (χ3n) is 3.55. The van der Waals surface area contributed by atoms with Crippen LogP contribution in [0.15, 0.2) is 28.7 Å². The molecule has 1 aliphatic rings. The van der Waals surface area contributed by atoms with Gasteiger partial charge in [0.05, 0.1) is 12.7 Å². The van der Waals surface area contributed by atoms with Crippen molar-refractivity contribution >= 4 is 15.9 Å². The number of rotatable bonds is 5. The molecule has 1 fully saturated rings. The maximum Gasteiger partial charge on any atom is 0.0732 e. The van der Waals surface area contributed by atoms with E-state index in [1.165, 1.54) is 31.2 Å². The van der Waals surface area contributed by atoms with Gasteiger partial charge in [0.25, 0.3) is 0 Å². The minimum Gasteiger partial charge on any atom is -0.372 e. The van der Waals surface area contributed by atoms with E-state index in [0.29, 0.717) is 12.1 Å². The largest absolute Gasteiger partial charge is 0.372 e. The first-order valence-corrected chi connectivity index (χ1v) is 7.68. The summed E-state index contributed by atoms with van der Waals surface area (Å²) in [6.07, 6.45) is 5.44. The zero-order valence-corrected chi connectivity index (χ0v) is 12.6. The van der Waals surface area contributed by atoms with Gasteiger partial charge >= 0.3 is 0 Å². The highest BCUT2D eigenvalue weighted by molar-refractivity contribution is 9.10. The first-order valence-electron chi connectivity index (χ1n) is 6.89. The third kappa shape index (κ3) is 4.08. The van der Waals surface area contributed by atoms with E-state index in [4.69, 9.17) is 4.74 Å². The van der Waals surface area contributed by atoms with Crippen molar-refractivity contribution in [3.8, 4) is 0 Å². The normalized spacial score (nSPS) is 24.1. The zero-order chi connectivity index (χ0) is 12.8. The molecule has 0 saturated heterocycles. The summed E-state index contributed by atoms with van der Waals surface area (Å²) in [5.74, 6) is 0. The highest BCUT2D eigenvalue weighted by atomic mass is 79.9. The number of ether oxygens (including phenoxy) is 1. The van der Waals surface area contributed by atoms with Gasteiger partial charge in [-0.25, -0.2) is 0 Å². The first kappa shape index (κ1) is 14.0. The third-order valence-corrected chi connectivity index (χ3v) is 4.07. The lowest BCUT2D eigenvalue weighted by molar-refractivity contribution is -0.00504. The van der Waals surface area contributed by atoms with Crippen molar-refractivity contribution in [2.45, 2.75) is 51.4 Å². The highest BCUT2D eigenvalue weighted by Crippen LogP contribution is 2.22. The van der Waals surface area contributed by atoms with E-state index in [1.54, 1.807) is 0 Å². The van der Waals surface area contributed by atoms with Crippen LogP contribution in [0.25, 0.3) is 0 Å². The average Bonchev–Trinajstić information content (AvgIpc) is 2.40. The van der Waals surface area contributed by atoms with E-state index in [1.807, 2.05) is 0 Å². The number of likely N-dealkylation sites (N-methyl/N-ethyl adjacent to an activating group) is 1. The summed E-state index contributed by atoms with van der Waals surface area (Å²) in [6, 6.07) is 8.92. The molecular weight excluding hydrogens is 290 g/mol. The second-order valence-corrected chi connectivity index (χ2v) is 5.84. The summed E-state index contributed by atoms with van der Waals surface area (Å²) in [7, 11) is 0. The number of nitrogens with one attached hydrogen (secondary N) is 1. The summed E-state index contributed by atoms with van der Waals surface area (Å²) >= 11 is 3.45. The molecule has 1 N–H and O–H groups in total. The van der Waals surface area contributed by atoms with E-state index >= 15 is 0 Å². The molecule has 0 radical (unpaired) electrons. The van der Waals surface area contributed by atoms with Crippen molar-refractivity contribution in [2.24, 2.45) is 0 Å². The first-order chi connectivity index (χ1) is 8.79. The Morgan fingerprint density at radius 2 is 1.94 bits per heavy atom. The number of hydrogen-bond acceptors (Lipinski definition) is 2. The Morgan fingerprint density at radius 1 is 1.22 bits per heavy atom. The van der Waals surface area contributed by atoms with E-state index in [9.17, 15) is 0 Å². The Bertz CT molecular complexity index is 350. The predicted octanol–water partition coefficient (Wildman–Crippen LogP) is 3.89. The number of hydrogen-bond donors (Lipinski definition) is 1. The molecule has 0 aliphatic heterocycles. The second-order valence-electron chi connectivity index (χ2n) is 4.92. The van der Waals surface area contributed by atoms with Crippen LogP contribution in [0.1, 0.15) is 38.2 Å². The van der Waals surface area contributed by atoms with Gasteiger partial charge in [-0.3, -0.25) is 0 Å². The molecule has 0 aromatic heterocycles. The maximum atomic E-state index is 6.10. The van der Waals surface area contributed by atoms with Crippen molar-refractivity contribution in [1.29, 1.82) is 0 Å². The Morgan fingerprint density at radius 3 is 2.67 bits per heavy atom. The van der Waals surface area contributed by atoms with Crippen LogP contribution in [-0.4, -0.2) is 18.7 Å². The summed E-state index contributed by atoms with van der Waals surface area (Å²) in [5.41, 5.74) is 1.25. The predicted molar refractivity (Wildman–Crippen MR) is 78.7 cm³/mol. The molecule has 0 heterocycles. The monoisotopic (exact) mass is 311 g/mol. The quantitative estimate of drug-likeness (QED) is 0.891. The van der Waals surface area contributed by atoms with Crippen molar-refractivity contribution in [3.05, 3.63) is 34.3 Å². The van der Waals surface area contributed by atoms with Gasteiger partial charge in [-0.1, -0.05) is 47.8 Å². The van der Waals surface area contributed by atoms with E-state index in [0.717, 1.165) is 17.6 Å². The van der Waals surface area contributed by atoms with E-state index < -0.39 is 0 Å². The van der Waals surface area contributed by atoms with Crippen molar-refractivity contribution in [2.75, 3.05) is 6.54 Å². The van der Waals surface area contributed by atoms with Gasteiger partial charge < -0.3 is 10.1 Å². The summed E-state index contributed by atoms with van der Waals surface area (Å²) in [6.45, 7) is 3.92. The summed E-state index contributed by atoms with van der Waals surface area (Å²) < 4.78 is 7.22. The van der Waals surface area contributed by atoms with Gasteiger partial charge in [0.2, 0.25) is 0 Å². The highest BCUT2D eigenvalue weighted by Gasteiger charge is 2.24. The molecule has 1 aliphatic carbocycles. The Hall–Kier alpha value is -0.380. The fourth-order valence-electron chi connectivity index (χ4n) is 2.58. The van der Waals surface area contributed by atoms with Crippen LogP contribution < -0.4 is 5.32 Å². The standard InChI is InChI=1S/C15H22BrNO/c1-2-17-14-5-3-4-6-15(14)18-11-12-7-9-13(16)10-8-12/h7-10,14-15,17H,2-6,11H2,1H3. The molecule has 3 heteroatoms. The average molecular weight is 312 g/mol. The van der Waals surface area contributed by atoms with Crippen LogP contribution in [0.2, 0.25) is 0 Å². The van der Waals surface area contributed by atoms with Crippen LogP contribution in [0, 0.1) is 0 Å². The van der Waals surface area contributed by atoms with Crippen molar-refractivity contribution < 1.29 is 4.74 Å².